The van der Waals surface area contributed by atoms with Gasteiger partial charge in [0.15, 0.2) is 0 Å². The third kappa shape index (κ3) is 3.22. The monoisotopic (exact) mass is 299 g/mol. The molecule has 0 amide bonds. The van der Waals surface area contributed by atoms with Crippen molar-refractivity contribution in [2.24, 2.45) is 0 Å². The summed E-state index contributed by atoms with van der Waals surface area (Å²) in [6.07, 6.45) is 0.175. The van der Waals surface area contributed by atoms with Gasteiger partial charge in [0.1, 0.15) is 0 Å². The zero-order valence-electron chi connectivity index (χ0n) is 11.6. The second-order valence-corrected chi connectivity index (χ2v) is 6.21. The van der Waals surface area contributed by atoms with Gasteiger partial charge < -0.3 is 10.0 Å². The minimum Gasteiger partial charge on any atom is -0.481 e. The van der Waals surface area contributed by atoms with E-state index in [0.717, 1.165) is 18.0 Å². The number of para-hydroxylation sites is 1. The molecule has 3 rings (SSSR count). The van der Waals surface area contributed by atoms with Gasteiger partial charge >= 0.3 is 5.97 Å². The number of hydrogen-bond acceptors (Lipinski definition) is 3. The van der Waals surface area contributed by atoms with Crippen LogP contribution in [0, 0.1) is 0 Å². The largest absolute Gasteiger partial charge is 0.481 e. The standard InChI is InChI=1S/C17H17NO2S/c19-17(20)10-14-12-21-16-9-5-4-8-15(16)18(14)11-13-6-2-1-3-7-13/h1-9,14H,10-12H2,(H,19,20). The van der Waals surface area contributed by atoms with Gasteiger partial charge in [-0.2, -0.15) is 0 Å². The molecule has 2 aromatic rings. The molecule has 1 aliphatic rings. The fourth-order valence-electron chi connectivity index (χ4n) is 2.65. The minimum atomic E-state index is -0.738. The molecule has 4 heteroatoms. The average molecular weight is 299 g/mol. The number of carbonyl (C=O) groups is 1. The predicted molar refractivity (Wildman–Crippen MR) is 85.8 cm³/mol. The number of thioether (sulfide) groups is 1. The van der Waals surface area contributed by atoms with Crippen LogP contribution in [0.5, 0.6) is 0 Å². The summed E-state index contributed by atoms with van der Waals surface area (Å²) in [6, 6.07) is 18.5. The van der Waals surface area contributed by atoms with Gasteiger partial charge in [0.25, 0.3) is 0 Å². The number of fused-ring (bicyclic) bond motifs is 1. The van der Waals surface area contributed by atoms with Crippen molar-refractivity contribution >= 4 is 23.4 Å². The Balaban J connectivity index is 1.92. The topological polar surface area (TPSA) is 40.5 Å². The van der Waals surface area contributed by atoms with Crippen molar-refractivity contribution in [3.63, 3.8) is 0 Å². The molecule has 21 heavy (non-hydrogen) atoms. The third-order valence-electron chi connectivity index (χ3n) is 3.65. The molecule has 1 aliphatic heterocycles. The van der Waals surface area contributed by atoms with Crippen LogP contribution < -0.4 is 4.90 Å². The molecule has 0 bridgehead atoms. The molecule has 1 unspecified atom stereocenters. The molecule has 0 aliphatic carbocycles. The van der Waals surface area contributed by atoms with E-state index >= 15 is 0 Å². The Morgan fingerprint density at radius 2 is 1.86 bits per heavy atom. The highest BCUT2D eigenvalue weighted by atomic mass is 32.2. The summed E-state index contributed by atoms with van der Waals surface area (Å²) in [4.78, 5) is 14.6. The summed E-state index contributed by atoms with van der Waals surface area (Å²) in [5.41, 5.74) is 2.35. The Kier molecular flexibility index (Phi) is 4.15. The van der Waals surface area contributed by atoms with Crippen molar-refractivity contribution in [1.29, 1.82) is 0 Å². The molecule has 1 heterocycles. The normalized spacial score (nSPS) is 17.3. The first-order valence-corrected chi connectivity index (χ1v) is 7.97. The van der Waals surface area contributed by atoms with E-state index in [1.165, 1.54) is 10.5 Å². The van der Waals surface area contributed by atoms with Gasteiger partial charge in [0.2, 0.25) is 0 Å². The minimum absolute atomic E-state index is 0.0302. The number of aliphatic carboxylic acids is 1. The number of carboxylic acid groups (broad SMARTS) is 1. The highest BCUT2D eigenvalue weighted by Gasteiger charge is 2.28. The maximum absolute atomic E-state index is 11.1. The zero-order chi connectivity index (χ0) is 14.7. The summed E-state index contributed by atoms with van der Waals surface area (Å²) in [5.74, 6) is 0.0777. The average Bonchev–Trinajstić information content (AvgIpc) is 2.50. The van der Waals surface area contributed by atoms with Crippen LogP contribution in [-0.2, 0) is 11.3 Å². The lowest BCUT2D eigenvalue weighted by molar-refractivity contribution is -0.137. The molecule has 3 nitrogen and oxygen atoms in total. The van der Waals surface area contributed by atoms with Gasteiger partial charge in [0.05, 0.1) is 12.1 Å². The zero-order valence-corrected chi connectivity index (χ0v) is 12.4. The smallest absolute Gasteiger partial charge is 0.305 e. The molecule has 108 valence electrons. The lowest BCUT2D eigenvalue weighted by Gasteiger charge is -2.38. The molecule has 0 saturated carbocycles. The molecule has 2 aromatic carbocycles. The highest BCUT2D eigenvalue weighted by molar-refractivity contribution is 7.99. The van der Waals surface area contributed by atoms with Crippen LogP contribution in [-0.4, -0.2) is 22.9 Å². The summed E-state index contributed by atoms with van der Waals surface area (Å²) >= 11 is 1.75. The van der Waals surface area contributed by atoms with Gasteiger partial charge in [-0.3, -0.25) is 4.79 Å². The molecule has 0 saturated heterocycles. The predicted octanol–water partition coefficient (Wildman–Crippen LogP) is 3.64. The van der Waals surface area contributed by atoms with Crippen LogP contribution in [0.15, 0.2) is 59.5 Å². The fraction of sp³-hybridized carbons (Fsp3) is 0.235. The lowest BCUT2D eigenvalue weighted by atomic mass is 10.1. The van der Waals surface area contributed by atoms with Gasteiger partial charge in [-0.25, -0.2) is 0 Å². The Hall–Kier alpha value is -1.94. The van der Waals surface area contributed by atoms with E-state index in [4.69, 9.17) is 5.11 Å². The van der Waals surface area contributed by atoms with E-state index in [1.807, 2.05) is 30.3 Å². The quantitative estimate of drug-likeness (QED) is 0.935. The number of carboxylic acids is 1. The number of anilines is 1. The molecule has 1 atom stereocenters. The van der Waals surface area contributed by atoms with E-state index in [9.17, 15) is 4.79 Å². The first-order valence-electron chi connectivity index (χ1n) is 6.98. The van der Waals surface area contributed by atoms with Gasteiger partial charge in [-0.05, 0) is 17.7 Å². The van der Waals surface area contributed by atoms with E-state index in [-0.39, 0.29) is 12.5 Å². The molecule has 0 spiro atoms. The second-order valence-electron chi connectivity index (χ2n) is 5.14. The third-order valence-corrected chi connectivity index (χ3v) is 4.86. The van der Waals surface area contributed by atoms with Crippen LogP contribution in [0.1, 0.15) is 12.0 Å². The van der Waals surface area contributed by atoms with Crippen LogP contribution in [0.3, 0.4) is 0 Å². The van der Waals surface area contributed by atoms with Gasteiger partial charge in [0, 0.05) is 23.2 Å². The first-order chi connectivity index (χ1) is 10.2. The number of hydrogen-bond donors (Lipinski definition) is 1. The summed E-state index contributed by atoms with van der Waals surface area (Å²) in [6.45, 7) is 0.746. The van der Waals surface area contributed by atoms with Crippen molar-refractivity contribution in [3.8, 4) is 0 Å². The van der Waals surface area contributed by atoms with Crippen LogP contribution >= 0.6 is 11.8 Å². The van der Waals surface area contributed by atoms with Gasteiger partial charge in [-0.15, -0.1) is 11.8 Å². The van der Waals surface area contributed by atoms with Crippen LogP contribution in [0.4, 0.5) is 5.69 Å². The molecule has 1 N–H and O–H groups in total. The maximum Gasteiger partial charge on any atom is 0.305 e. The van der Waals surface area contributed by atoms with E-state index < -0.39 is 5.97 Å². The highest BCUT2D eigenvalue weighted by Crippen LogP contribution is 2.38. The number of nitrogens with zero attached hydrogens (tertiary/aromatic N) is 1. The van der Waals surface area contributed by atoms with Gasteiger partial charge in [-0.1, -0.05) is 42.5 Å². The molecule has 0 fully saturated rings. The van der Waals surface area contributed by atoms with Crippen LogP contribution in [0.25, 0.3) is 0 Å². The van der Waals surface area contributed by atoms with Crippen molar-refractivity contribution in [2.45, 2.75) is 23.9 Å². The van der Waals surface area contributed by atoms with Crippen molar-refractivity contribution in [3.05, 3.63) is 60.2 Å². The van der Waals surface area contributed by atoms with Crippen LogP contribution in [0.2, 0.25) is 0 Å². The fourth-order valence-corrected chi connectivity index (χ4v) is 3.83. The maximum atomic E-state index is 11.1. The van der Waals surface area contributed by atoms with E-state index in [0.29, 0.717) is 0 Å². The van der Waals surface area contributed by atoms with Crippen molar-refractivity contribution in [1.82, 2.24) is 0 Å². The Bertz CT molecular complexity index is 630. The SMILES string of the molecule is O=C(O)CC1CSc2ccccc2N1Cc1ccccc1. The van der Waals surface area contributed by atoms with Crippen molar-refractivity contribution < 1.29 is 9.90 Å². The second kappa shape index (κ2) is 6.22. The Labute approximate surface area is 128 Å². The Morgan fingerprint density at radius 3 is 2.62 bits per heavy atom. The van der Waals surface area contributed by atoms with E-state index in [1.54, 1.807) is 11.8 Å². The molecular formula is C17H17NO2S. The van der Waals surface area contributed by atoms with E-state index in [2.05, 4.69) is 29.2 Å². The molecular weight excluding hydrogens is 282 g/mol. The first kappa shape index (κ1) is 14.0. The number of benzene rings is 2. The lowest BCUT2D eigenvalue weighted by Crippen LogP contribution is -2.40. The summed E-state index contributed by atoms with van der Waals surface area (Å²) < 4.78 is 0. The van der Waals surface area contributed by atoms with Crippen molar-refractivity contribution in [2.75, 3.05) is 10.7 Å². The molecule has 0 aromatic heterocycles. The summed E-state index contributed by atoms with van der Waals surface area (Å²) in [7, 11) is 0. The number of rotatable bonds is 4. The summed E-state index contributed by atoms with van der Waals surface area (Å²) in [5, 5.41) is 9.16. The molecule has 0 radical (unpaired) electrons. The Morgan fingerprint density at radius 1 is 1.14 bits per heavy atom.